The van der Waals surface area contributed by atoms with Gasteiger partial charge in [0.2, 0.25) is 0 Å². The van der Waals surface area contributed by atoms with E-state index in [9.17, 15) is 0 Å². The van der Waals surface area contributed by atoms with Crippen LogP contribution in [0.2, 0.25) is 0 Å². The third-order valence-electron chi connectivity index (χ3n) is 4.32. The van der Waals surface area contributed by atoms with Crippen LogP contribution in [0.4, 0.5) is 5.69 Å². The number of benzene rings is 1. The molecular weight excluding hydrogens is 280 g/mol. The van der Waals surface area contributed by atoms with Crippen LogP contribution in [0.1, 0.15) is 28.5 Å². The summed E-state index contributed by atoms with van der Waals surface area (Å²) in [4.78, 5) is 10.0. The van der Waals surface area contributed by atoms with Gasteiger partial charge in [0.15, 0.2) is 0 Å². The normalized spacial score (nSPS) is 23.7. The number of thiophene rings is 1. The van der Waals surface area contributed by atoms with E-state index in [0.717, 1.165) is 19.4 Å². The van der Waals surface area contributed by atoms with E-state index in [1.165, 1.54) is 21.7 Å². The molecule has 0 radical (unpaired) electrons. The molecule has 1 aromatic carbocycles. The second-order valence-corrected chi connectivity index (χ2v) is 7.17. The van der Waals surface area contributed by atoms with Crippen molar-refractivity contribution in [3.05, 3.63) is 51.7 Å². The minimum absolute atomic E-state index is 0.268. The topological polar surface area (TPSA) is 15.7 Å². The monoisotopic (exact) mass is 300 g/mol. The van der Waals surface area contributed by atoms with Crippen LogP contribution in [0.15, 0.2) is 35.7 Å². The molecule has 110 valence electrons. The van der Waals surface area contributed by atoms with Crippen LogP contribution in [0, 0.1) is 0 Å². The highest BCUT2D eigenvalue weighted by atomic mass is 32.1. The summed E-state index contributed by atoms with van der Waals surface area (Å²) in [6, 6.07) is 11.3. The fraction of sp³-hybridized carbons (Fsp3) is 0.412. The Labute approximate surface area is 129 Å². The minimum atomic E-state index is 0.268. The Morgan fingerprint density at radius 3 is 3.00 bits per heavy atom. The molecule has 0 N–H and O–H groups in total. The summed E-state index contributed by atoms with van der Waals surface area (Å²) in [6.45, 7) is 0.967. The van der Waals surface area contributed by atoms with Gasteiger partial charge in [0, 0.05) is 24.3 Å². The van der Waals surface area contributed by atoms with Gasteiger partial charge in [-0.25, -0.2) is 5.06 Å². The van der Waals surface area contributed by atoms with Crippen molar-refractivity contribution in [3.63, 3.8) is 0 Å². The number of hydrogen-bond donors (Lipinski definition) is 0. The van der Waals surface area contributed by atoms with Crippen molar-refractivity contribution in [2.45, 2.75) is 25.0 Å². The van der Waals surface area contributed by atoms with Crippen molar-refractivity contribution in [2.24, 2.45) is 0 Å². The Kier molecular flexibility index (Phi) is 3.25. The fourth-order valence-electron chi connectivity index (χ4n) is 3.45. The fourth-order valence-corrected chi connectivity index (χ4v) is 4.41. The highest BCUT2D eigenvalue weighted by Crippen LogP contribution is 2.45. The summed E-state index contributed by atoms with van der Waals surface area (Å²) >= 11 is 1.87. The van der Waals surface area contributed by atoms with Crippen molar-refractivity contribution in [2.75, 3.05) is 25.7 Å². The first-order valence-corrected chi connectivity index (χ1v) is 8.35. The van der Waals surface area contributed by atoms with E-state index < -0.39 is 0 Å². The zero-order valence-corrected chi connectivity index (χ0v) is 13.3. The van der Waals surface area contributed by atoms with Crippen molar-refractivity contribution < 1.29 is 4.84 Å². The van der Waals surface area contributed by atoms with Gasteiger partial charge in [0.05, 0.1) is 11.7 Å². The van der Waals surface area contributed by atoms with Gasteiger partial charge in [-0.05, 0) is 42.7 Å². The SMILES string of the molecule is CN(C)C[C@@H]1C[C@H]2c3ccsc3Cc3ccccc3N2O1. The lowest BCUT2D eigenvalue weighted by Crippen LogP contribution is -2.27. The maximum Gasteiger partial charge on any atom is 0.101 e. The van der Waals surface area contributed by atoms with Gasteiger partial charge in [0.25, 0.3) is 0 Å². The maximum absolute atomic E-state index is 6.31. The van der Waals surface area contributed by atoms with Gasteiger partial charge in [-0.1, -0.05) is 18.2 Å². The Morgan fingerprint density at radius 1 is 1.29 bits per heavy atom. The molecular formula is C17H20N2OS. The van der Waals surface area contributed by atoms with E-state index in [2.05, 4.69) is 59.8 Å². The van der Waals surface area contributed by atoms with E-state index in [4.69, 9.17) is 4.84 Å². The molecule has 21 heavy (non-hydrogen) atoms. The van der Waals surface area contributed by atoms with E-state index >= 15 is 0 Å². The molecule has 2 aliphatic heterocycles. The molecule has 3 nitrogen and oxygen atoms in total. The van der Waals surface area contributed by atoms with Crippen molar-refractivity contribution >= 4 is 17.0 Å². The molecule has 1 fully saturated rings. The van der Waals surface area contributed by atoms with Gasteiger partial charge in [-0.2, -0.15) is 0 Å². The summed E-state index contributed by atoms with van der Waals surface area (Å²) < 4.78 is 0. The van der Waals surface area contributed by atoms with E-state index in [-0.39, 0.29) is 6.10 Å². The Bertz CT molecular complexity index is 652. The quantitative estimate of drug-likeness (QED) is 0.844. The van der Waals surface area contributed by atoms with Crippen LogP contribution in [0.5, 0.6) is 0 Å². The number of fused-ring (bicyclic) bond motifs is 5. The zero-order valence-electron chi connectivity index (χ0n) is 12.5. The molecule has 0 aliphatic carbocycles. The molecule has 3 heterocycles. The van der Waals surface area contributed by atoms with Gasteiger partial charge in [0.1, 0.15) is 6.10 Å². The third kappa shape index (κ3) is 2.27. The molecule has 2 aliphatic rings. The number of rotatable bonds is 2. The lowest BCUT2D eigenvalue weighted by atomic mass is 10.0. The second-order valence-electron chi connectivity index (χ2n) is 6.17. The lowest BCUT2D eigenvalue weighted by molar-refractivity contribution is 0.0649. The van der Waals surface area contributed by atoms with Crippen LogP contribution in [-0.4, -0.2) is 31.6 Å². The van der Waals surface area contributed by atoms with Crippen molar-refractivity contribution in [3.8, 4) is 0 Å². The molecule has 0 saturated carbocycles. The molecule has 4 rings (SSSR count). The average molecular weight is 300 g/mol. The molecule has 2 atom stereocenters. The summed E-state index contributed by atoms with van der Waals surface area (Å²) in [7, 11) is 4.22. The van der Waals surface area contributed by atoms with Crippen molar-refractivity contribution in [1.82, 2.24) is 4.90 Å². The first-order valence-electron chi connectivity index (χ1n) is 7.47. The molecule has 1 aromatic heterocycles. The van der Waals surface area contributed by atoms with Crippen LogP contribution >= 0.6 is 11.3 Å². The summed E-state index contributed by atoms with van der Waals surface area (Å²) in [5.41, 5.74) is 4.07. The summed E-state index contributed by atoms with van der Waals surface area (Å²) in [6.07, 6.45) is 2.36. The number of hydroxylamine groups is 1. The highest BCUT2D eigenvalue weighted by molar-refractivity contribution is 7.10. The lowest BCUT2D eigenvalue weighted by Gasteiger charge is -2.25. The number of nitrogens with zero attached hydrogens (tertiary/aromatic N) is 2. The van der Waals surface area contributed by atoms with Gasteiger partial charge >= 0.3 is 0 Å². The van der Waals surface area contributed by atoms with Crippen molar-refractivity contribution in [1.29, 1.82) is 0 Å². The Morgan fingerprint density at radius 2 is 2.14 bits per heavy atom. The minimum Gasteiger partial charge on any atom is -0.307 e. The molecule has 4 heteroatoms. The zero-order chi connectivity index (χ0) is 14.4. The second kappa shape index (κ2) is 5.13. The van der Waals surface area contributed by atoms with Gasteiger partial charge in [-0.3, -0.25) is 4.84 Å². The van der Waals surface area contributed by atoms with Gasteiger partial charge in [-0.15, -0.1) is 11.3 Å². The number of likely N-dealkylation sites (N-methyl/N-ethyl adjacent to an activating group) is 1. The molecule has 0 spiro atoms. The van der Waals surface area contributed by atoms with Gasteiger partial charge < -0.3 is 4.90 Å². The number of para-hydroxylation sites is 1. The number of anilines is 1. The van der Waals surface area contributed by atoms with Crippen LogP contribution in [0.25, 0.3) is 0 Å². The molecule has 0 amide bonds. The van der Waals surface area contributed by atoms with Crippen LogP contribution in [0.3, 0.4) is 0 Å². The highest BCUT2D eigenvalue weighted by Gasteiger charge is 2.39. The Hall–Kier alpha value is -1.36. The maximum atomic E-state index is 6.31. The molecule has 0 bridgehead atoms. The summed E-state index contributed by atoms with van der Waals surface area (Å²) in [5.74, 6) is 0. The smallest absolute Gasteiger partial charge is 0.101 e. The summed E-state index contributed by atoms with van der Waals surface area (Å²) in [5, 5.41) is 4.39. The largest absolute Gasteiger partial charge is 0.307 e. The first kappa shape index (κ1) is 13.3. The van der Waals surface area contributed by atoms with E-state index in [1.54, 1.807) is 0 Å². The van der Waals surface area contributed by atoms with E-state index in [0.29, 0.717) is 6.04 Å². The number of hydrogen-bond acceptors (Lipinski definition) is 4. The average Bonchev–Trinajstić information content (AvgIpc) is 3.03. The molecule has 0 unspecified atom stereocenters. The first-order chi connectivity index (χ1) is 10.2. The van der Waals surface area contributed by atoms with E-state index in [1.807, 2.05) is 11.3 Å². The molecule has 1 saturated heterocycles. The van der Waals surface area contributed by atoms with Crippen LogP contribution < -0.4 is 5.06 Å². The third-order valence-corrected chi connectivity index (χ3v) is 5.26. The molecule has 2 aromatic rings. The van der Waals surface area contributed by atoms with Crippen LogP contribution in [-0.2, 0) is 11.3 Å². The predicted octanol–water partition coefficient (Wildman–Crippen LogP) is 3.47. The standard InChI is InChI=1S/C17H20N2OS/c1-18(2)11-13-10-16-14-7-8-21-17(14)9-12-5-3-4-6-15(12)19(16)20-13/h3-8,13,16H,9-11H2,1-2H3/t13-,16-/m0/s1. The predicted molar refractivity (Wildman–Crippen MR) is 86.8 cm³/mol. The Balaban J connectivity index is 1.76.